The zero-order chi connectivity index (χ0) is 22.5. The molecule has 5 nitrogen and oxygen atoms in total. The van der Waals surface area contributed by atoms with Crippen LogP contribution in [0.4, 0.5) is 4.79 Å². The Morgan fingerprint density at radius 3 is 2.37 bits per heavy atom. The molecule has 1 atom stereocenters. The number of benzene rings is 1. The van der Waals surface area contributed by atoms with Crippen LogP contribution in [0, 0.1) is 9.12 Å². The molecule has 2 rings (SSSR count). The van der Waals surface area contributed by atoms with E-state index >= 15 is 0 Å². The number of hydrogen-bond donors (Lipinski definition) is 1. The van der Waals surface area contributed by atoms with Gasteiger partial charge in [0.2, 0.25) is 0 Å². The molecular weight excluding hydrogens is 515 g/mol. The number of pyridine rings is 1. The first kappa shape index (κ1) is 24.7. The van der Waals surface area contributed by atoms with Crippen molar-refractivity contribution in [1.29, 1.82) is 0 Å². The van der Waals surface area contributed by atoms with Gasteiger partial charge in [-0.2, -0.15) is 0 Å². The number of carbonyl (C=O) groups excluding carboxylic acids is 1. The topological polar surface area (TPSA) is 60.5 Å². The Hall–Kier alpha value is -1.54. The molecule has 0 bridgehead atoms. The molecular formula is C23H30ClIN2O3. The van der Waals surface area contributed by atoms with E-state index in [0.29, 0.717) is 23.9 Å². The highest BCUT2D eigenvalue weighted by molar-refractivity contribution is 14.1. The van der Waals surface area contributed by atoms with E-state index in [-0.39, 0.29) is 17.1 Å². The summed E-state index contributed by atoms with van der Waals surface area (Å²) in [5.41, 5.74) is 1.34. The molecule has 164 valence electrons. The maximum atomic E-state index is 12.4. The maximum absolute atomic E-state index is 12.4. The highest BCUT2D eigenvalue weighted by Crippen LogP contribution is 2.31. The number of aromatic nitrogens is 1. The Bertz CT molecular complexity index is 861. The minimum atomic E-state index is -0.431. The average Bonchev–Trinajstić information content (AvgIpc) is 2.60. The number of carbonyl (C=O) groups is 1. The molecule has 0 aliphatic carbocycles. The lowest BCUT2D eigenvalue weighted by atomic mass is 9.85. The second kappa shape index (κ2) is 10.2. The number of nitrogens with zero attached hydrogens (tertiary/aromatic N) is 1. The summed E-state index contributed by atoms with van der Waals surface area (Å²) in [5, 5.41) is 3.17. The summed E-state index contributed by atoms with van der Waals surface area (Å²) in [6.45, 7) is 12.3. The lowest BCUT2D eigenvalue weighted by Crippen LogP contribution is -2.45. The lowest BCUT2D eigenvalue weighted by Gasteiger charge is -2.32. The van der Waals surface area contributed by atoms with Crippen LogP contribution in [0.5, 0.6) is 5.75 Å². The van der Waals surface area contributed by atoms with Crippen LogP contribution in [0.2, 0.25) is 5.15 Å². The van der Waals surface area contributed by atoms with Crippen LogP contribution >= 0.6 is 34.2 Å². The molecule has 1 aromatic carbocycles. The summed E-state index contributed by atoms with van der Waals surface area (Å²) < 4.78 is 12.5. The van der Waals surface area contributed by atoms with E-state index in [0.717, 1.165) is 14.8 Å². The van der Waals surface area contributed by atoms with Gasteiger partial charge in [-0.25, -0.2) is 9.78 Å². The van der Waals surface area contributed by atoms with E-state index in [9.17, 15) is 4.79 Å². The summed E-state index contributed by atoms with van der Waals surface area (Å²) in [4.78, 5) is 16.8. The number of nitrogens with one attached hydrogen (secondary N) is 1. The predicted molar refractivity (Wildman–Crippen MR) is 129 cm³/mol. The fourth-order valence-corrected chi connectivity index (χ4v) is 3.61. The van der Waals surface area contributed by atoms with Gasteiger partial charge in [0, 0.05) is 12.0 Å². The summed E-state index contributed by atoms with van der Waals surface area (Å²) in [7, 11) is 0. The molecule has 1 heterocycles. The Morgan fingerprint density at radius 1 is 1.17 bits per heavy atom. The molecule has 0 saturated heterocycles. The third kappa shape index (κ3) is 7.95. The smallest absolute Gasteiger partial charge is 0.407 e. The largest absolute Gasteiger partial charge is 0.486 e. The number of rotatable bonds is 6. The van der Waals surface area contributed by atoms with Gasteiger partial charge in [0.1, 0.15) is 16.4 Å². The molecule has 7 heteroatoms. The summed E-state index contributed by atoms with van der Waals surface area (Å²) >= 11 is 8.47. The Morgan fingerprint density at radius 2 is 1.80 bits per heavy atom. The van der Waals surface area contributed by atoms with Gasteiger partial charge in [0.15, 0.2) is 10.9 Å². The number of alkyl carbamates (subject to hydrolysis) is 1. The van der Waals surface area contributed by atoms with E-state index in [2.05, 4.69) is 32.9 Å². The summed E-state index contributed by atoms with van der Waals surface area (Å²) in [6, 6.07) is 11.8. The average molecular weight is 545 g/mol. The third-order valence-electron chi connectivity index (χ3n) is 4.30. The van der Waals surface area contributed by atoms with Crippen LogP contribution in [0.1, 0.15) is 52.7 Å². The van der Waals surface area contributed by atoms with E-state index < -0.39 is 6.09 Å². The van der Waals surface area contributed by atoms with Crippen molar-refractivity contribution in [3.05, 3.63) is 56.4 Å². The predicted octanol–water partition coefficient (Wildman–Crippen LogP) is 6.40. The van der Waals surface area contributed by atoms with Gasteiger partial charge in [-0.1, -0.05) is 62.7 Å². The highest BCUT2D eigenvalue weighted by Gasteiger charge is 2.31. The van der Waals surface area contributed by atoms with Gasteiger partial charge in [-0.05, 0) is 66.0 Å². The third-order valence-corrected chi connectivity index (χ3v) is 5.51. The van der Waals surface area contributed by atoms with Crippen molar-refractivity contribution in [2.45, 2.75) is 66.2 Å². The van der Waals surface area contributed by atoms with Gasteiger partial charge in [0.05, 0.1) is 0 Å². The van der Waals surface area contributed by atoms with E-state index in [1.165, 1.54) is 0 Å². The van der Waals surface area contributed by atoms with Crippen molar-refractivity contribution >= 4 is 40.3 Å². The zero-order valence-electron chi connectivity index (χ0n) is 18.4. The van der Waals surface area contributed by atoms with Crippen molar-refractivity contribution in [2.24, 2.45) is 5.41 Å². The zero-order valence-corrected chi connectivity index (χ0v) is 21.3. The molecule has 0 aliphatic heterocycles. The Balaban J connectivity index is 2.19. The Labute approximate surface area is 198 Å². The summed E-state index contributed by atoms with van der Waals surface area (Å²) in [5.74, 6) is 0.516. The van der Waals surface area contributed by atoms with Crippen LogP contribution in [0.15, 0.2) is 36.4 Å². The standard InChI is InChI=1S/C23H30ClIN2O3/c1-22(2,3)18(30-21(28)27-23(4,5)6)13-16-12-17(19(24)26-20(16)25)29-14-15-10-8-7-9-11-15/h7-12,18H,13-14H2,1-6H3,(H,27,28)/t18-/m0/s1. The normalized spacial score (nSPS) is 12.9. The van der Waals surface area contributed by atoms with Gasteiger partial charge in [0.25, 0.3) is 0 Å². The monoisotopic (exact) mass is 544 g/mol. The molecule has 2 aromatic rings. The van der Waals surface area contributed by atoms with Gasteiger partial charge >= 0.3 is 6.09 Å². The maximum Gasteiger partial charge on any atom is 0.407 e. The van der Waals surface area contributed by atoms with E-state index in [4.69, 9.17) is 21.1 Å². The van der Waals surface area contributed by atoms with Crippen molar-refractivity contribution in [3.8, 4) is 5.75 Å². The first-order valence-corrected chi connectivity index (χ1v) is 11.3. The van der Waals surface area contributed by atoms with Crippen LogP contribution in [-0.4, -0.2) is 22.7 Å². The minimum Gasteiger partial charge on any atom is -0.486 e. The van der Waals surface area contributed by atoms with Crippen LogP contribution in [0.3, 0.4) is 0 Å². The molecule has 0 aliphatic rings. The number of amides is 1. The van der Waals surface area contributed by atoms with Crippen LogP contribution < -0.4 is 10.1 Å². The summed E-state index contributed by atoms with van der Waals surface area (Å²) in [6.07, 6.45) is -0.274. The number of halogens is 2. The van der Waals surface area contributed by atoms with Gasteiger partial charge in [-0.3, -0.25) is 0 Å². The fourth-order valence-electron chi connectivity index (χ4n) is 2.66. The molecule has 0 radical (unpaired) electrons. The molecule has 30 heavy (non-hydrogen) atoms. The lowest BCUT2D eigenvalue weighted by molar-refractivity contribution is 0.0281. The van der Waals surface area contributed by atoms with Crippen molar-refractivity contribution in [3.63, 3.8) is 0 Å². The molecule has 1 amide bonds. The molecule has 0 fully saturated rings. The van der Waals surface area contributed by atoms with Gasteiger partial charge < -0.3 is 14.8 Å². The van der Waals surface area contributed by atoms with Gasteiger partial charge in [-0.15, -0.1) is 0 Å². The molecule has 0 unspecified atom stereocenters. The number of hydrogen-bond acceptors (Lipinski definition) is 4. The van der Waals surface area contributed by atoms with Crippen LogP contribution in [-0.2, 0) is 17.8 Å². The van der Waals surface area contributed by atoms with E-state index in [1.54, 1.807) is 0 Å². The first-order valence-electron chi connectivity index (χ1n) is 9.85. The van der Waals surface area contributed by atoms with Crippen LogP contribution in [0.25, 0.3) is 0 Å². The first-order chi connectivity index (χ1) is 13.8. The molecule has 1 aromatic heterocycles. The molecule has 0 spiro atoms. The van der Waals surface area contributed by atoms with Crippen molar-refractivity contribution in [1.82, 2.24) is 10.3 Å². The second-order valence-corrected chi connectivity index (χ2v) is 10.7. The Kier molecular flexibility index (Phi) is 8.39. The molecule has 0 saturated carbocycles. The van der Waals surface area contributed by atoms with Crippen molar-refractivity contribution in [2.75, 3.05) is 0 Å². The second-order valence-electron chi connectivity index (χ2n) is 9.34. The SMILES string of the molecule is CC(C)(C)NC(=O)O[C@@H](Cc1cc(OCc2ccccc2)c(Cl)nc1I)C(C)(C)C. The molecule has 1 N–H and O–H groups in total. The number of ether oxygens (including phenoxy) is 2. The fraction of sp³-hybridized carbons (Fsp3) is 0.478. The quantitative estimate of drug-likeness (QED) is 0.338. The highest BCUT2D eigenvalue weighted by atomic mass is 127. The van der Waals surface area contributed by atoms with Crippen molar-refractivity contribution < 1.29 is 14.3 Å². The minimum absolute atomic E-state index is 0.261. The van der Waals surface area contributed by atoms with E-state index in [1.807, 2.05) is 77.9 Å².